The molecule has 0 radical (unpaired) electrons. The Morgan fingerprint density at radius 2 is 2.00 bits per heavy atom. The van der Waals surface area contributed by atoms with Gasteiger partial charge in [-0.3, -0.25) is 9.48 Å². The molecule has 0 aliphatic carbocycles. The number of aliphatic hydroxyl groups excluding tert-OH is 1. The summed E-state index contributed by atoms with van der Waals surface area (Å²) in [6.07, 6.45) is -0.354. The summed E-state index contributed by atoms with van der Waals surface area (Å²) in [5.41, 5.74) is 2.43. The molecule has 0 bridgehead atoms. The average molecular weight is 430 g/mol. The van der Waals surface area contributed by atoms with Crippen LogP contribution in [0.1, 0.15) is 28.6 Å². The highest BCUT2D eigenvalue weighted by Gasteiger charge is 2.18. The molecule has 3 aromatic rings. The molecule has 1 aromatic heterocycles. The van der Waals surface area contributed by atoms with Crippen LogP contribution in [0.3, 0.4) is 0 Å². The summed E-state index contributed by atoms with van der Waals surface area (Å²) in [5, 5.41) is 18.1. The number of benzene rings is 2. The number of carbonyl (C=O) groups excluding carboxylic acids is 1. The molecule has 0 saturated heterocycles. The number of aromatic nitrogens is 2. The van der Waals surface area contributed by atoms with Gasteiger partial charge < -0.3 is 19.9 Å². The van der Waals surface area contributed by atoms with Gasteiger partial charge >= 0.3 is 0 Å². The molecule has 7 nitrogen and oxygen atoms in total. The van der Waals surface area contributed by atoms with Crippen molar-refractivity contribution in [3.8, 4) is 22.8 Å². The van der Waals surface area contributed by atoms with Crippen molar-refractivity contribution in [2.24, 2.45) is 7.05 Å². The molecular weight excluding hydrogens is 406 g/mol. The van der Waals surface area contributed by atoms with Crippen LogP contribution in [0.25, 0.3) is 11.3 Å². The first kappa shape index (κ1) is 21.7. The number of aryl methyl sites for hydroxylation is 1. The van der Waals surface area contributed by atoms with Crippen molar-refractivity contribution in [1.29, 1.82) is 0 Å². The molecule has 158 valence electrons. The fraction of sp³-hybridized carbons (Fsp3) is 0.273. The highest BCUT2D eigenvalue weighted by molar-refractivity contribution is 6.30. The topological polar surface area (TPSA) is 85.6 Å². The number of aliphatic hydroxyl groups is 1. The third-order valence-electron chi connectivity index (χ3n) is 4.73. The van der Waals surface area contributed by atoms with Crippen molar-refractivity contribution in [3.63, 3.8) is 0 Å². The summed E-state index contributed by atoms with van der Waals surface area (Å²) >= 11 is 5.96. The van der Waals surface area contributed by atoms with E-state index in [1.807, 2.05) is 6.07 Å². The molecule has 2 aromatic carbocycles. The van der Waals surface area contributed by atoms with Crippen molar-refractivity contribution in [1.82, 2.24) is 15.1 Å². The van der Waals surface area contributed by atoms with E-state index in [2.05, 4.69) is 10.4 Å². The lowest BCUT2D eigenvalue weighted by Crippen LogP contribution is -2.27. The molecule has 1 amide bonds. The molecule has 30 heavy (non-hydrogen) atoms. The lowest BCUT2D eigenvalue weighted by atomic mass is 10.1. The van der Waals surface area contributed by atoms with E-state index < -0.39 is 6.10 Å². The Balaban J connectivity index is 1.69. The van der Waals surface area contributed by atoms with Gasteiger partial charge in [0.05, 0.1) is 26.0 Å². The summed E-state index contributed by atoms with van der Waals surface area (Å²) in [6.45, 7) is 0.301. The first-order valence-electron chi connectivity index (χ1n) is 9.41. The third kappa shape index (κ3) is 4.93. The fourth-order valence-corrected chi connectivity index (χ4v) is 3.32. The molecule has 0 aliphatic rings. The van der Waals surface area contributed by atoms with Crippen molar-refractivity contribution < 1.29 is 19.4 Å². The minimum atomic E-state index is -0.716. The SMILES string of the molecule is COc1ccc(OC)c(-c2cc(C(=O)NCCC(O)c3cccc(Cl)c3)n(C)n2)c1. The predicted molar refractivity (Wildman–Crippen MR) is 115 cm³/mol. The zero-order valence-corrected chi connectivity index (χ0v) is 17.8. The molecule has 0 spiro atoms. The summed E-state index contributed by atoms with van der Waals surface area (Å²) in [4.78, 5) is 12.6. The molecule has 1 heterocycles. The van der Waals surface area contributed by atoms with E-state index in [9.17, 15) is 9.90 Å². The maximum atomic E-state index is 12.6. The number of nitrogens with zero attached hydrogens (tertiary/aromatic N) is 2. The van der Waals surface area contributed by atoms with Crippen LogP contribution >= 0.6 is 11.6 Å². The second-order valence-corrected chi connectivity index (χ2v) is 7.16. The van der Waals surface area contributed by atoms with Gasteiger partial charge in [-0.25, -0.2) is 0 Å². The monoisotopic (exact) mass is 429 g/mol. The van der Waals surface area contributed by atoms with Crippen LogP contribution in [0.2, 0.25) is 5.02 Å². The first-order chi connectivity index (χ1) is 14.4. The van der Waals surface area contributed by atoms with Crippen LogP contribution in [0.15, 0.2) is 48.5 Å². The van der Waals surface area contributed by atoms with E-state index in [0.29, 0.717) is 46.4 Å². The minimum absolute atomic E-state index is 0.281. The fourth-order valence-electron chi connectivity index (χ4n) is 3.12. The number of methoxy groups -OCH3 is 2. The van der Waals surface area contributed by atoms with Crippen LogP contribution in [-0.4, -0.2) is 41.6 Å². The van der Waals surface area contributed by atoms with Crippen LogP contribution in [0, 0.1) is 0 Å². The van der Waals surface area contributed by atoms with Crippen LogP contribution in [0.5, 0.6) is 11.5 Å². The largest absolute Gasteiger partial charge is 0.497 e. The van der Waals surface area contributed by atoms with E-state index in [0.717, 1.165) is 5.56 Å². The number of amides is 1. The van der Waals surface area contributed by atoms with Crippen molar-refractivity contribution in [2.75, 3.05) is 20.8 Å². The Morgan fingerprint density at radius 1 is 1.20 bits per heavy atom. The van der Waals surface area contributed by atoms with E-state index in [-0.39, 0.29) is 5.91 Å². The van der Waals surface area contributed by atoms with Crippen LogP contribution in [0.4, 0.5) is 0 Å². The minimum Gasteiger partial charge on any atom is -0.497 e. The number of rotatable bonds is 8. The zero-order valence-electron chi connectivity index (χ0n) is 17.1. The molecule has 0 aliphatic heterocycles. The maximum Gasteiger partial charge on any atom is 0.269 e. The molecule has 3 rings (SSSR count). The van der Waals surface area contributed by atoms with Crippen LogP contribution in [-0.2, 0) is 7.05 Å². The lowest BCUT2D eigenvalue weighted by Gasteiger charge is -2.12. The van der Waals surface area contributed by atoms with Gasteiger partial charge in [-0.2, -0.15) is 5.10 Å². The maximum absolute atomic E-state index is 12.6. The predicted octanol–water partition coefficient (Wildman–Crippen LogP) is 3.61. The molecule has 2 N–H and O–H groups in total. The molecular formula is C22H24ClN3O4. The van der Waals surface area contributed by atoms with Gasteiger partial charge in [-0.15, -0.1) is 0 Å². The summed E-state index contributed by atoms with van der Waals surface area (Å²) in [7, 11) is 4.86. The smallest absolute Gasteiger partial charge is 0.269 e. The van der Waals surface area contributed by atoms with E-state index in [4.69, 9.17) is 21.1 Å². The second-order valence-electron chi connectivity index (χ2n) is 6.72. The summed E-state index contributed by atoms with van der Waals surface area (Å²) in [6, 6.07) is 14.1. The third-order valence-corrected chi connectivity index (χ3v) is 4.97. The van der Waals surface area contributed by atoms with Crippen molar-refractivity contribution in [2.45, 2.75) is 12.5 Å². The number of carbonyl (C=O) groups is 1. The number of halogens is 1. The van der Waals surface area contributed by atoms with E-state index in [1.165, 1.54) is 4.68 Å². The molecule has 0 saturated carbocycles. The standard InChI is InChI=1S/C22H24ClN3O4/c1-26-19(13-18(25-26)17-12-16(29-2)7-8-21(17)30-3)22(28)24-10-9-20(27)14-5-4-6-15(23)11-14/h4-8,11-13,20,27H,9-10H2,1-3H3,(H,24,28). The quantitative estimate of drug-likeness (QED) is 0.571. The van der Waals surface area contributed by atoms with Crippen molar-refractivity contribution in [3.05, 3.63) is 64.8 Å². The Hall–Kier alpha value is -3.03. The van der Waals surface area contributed by atoms with E-state index >= 15 is 0 Å². The Morgan fingerprint density at radius 3 is 2.70 bits per heavy atom. The molecule has 0 fully saturated rings. The number of nitrogens with one attached hydrogen (secondary N) is 1. The highest BCUT2D eigenvalue weighted by Crippen LogP contribution is 2.33. The lowest BCUT2D eigenvalue weighted by molar-refractivity contribution is 0.0933. The van der Waals surface area contributed by atoms with Gasteiger partial charge in [0.1, 0.15) is 17.2 Å². The van der Waals surface area contributed by atoms with Crippen molar-refractivity contribution >= 4 is 17.5 Å². The number of hydrogen-bond donors (Lipinski definition) is 2. The Kier molecular flexibility index (Phi) is 6.97. The second kappa shape index (κ2) is 9.65. The normalized spacial score (nSPS) is 11.8. The van der Waals surface area contributed by atoms with Gasteiger partial charge in [0.15, 0.2) is 0 Å². The van der Waals surface area contributed by atoms with Gasteiger partial charge in [0.25, 0.3) is 5.91 Å². The average Bonchev–Trinajstić information content (AvgIpc) is 3.14. The Labute approximate surface area is 180 Å². The first-order valence-corrected chi connectivity index (χ1v) is 9.79. The Bertz CT molecular complexity index is 1030. The summed E-state index contributed by atoms with van der Waals surface area (Å²) < 4.78 is 12.2. The van der Waals surface area contributed by atoms with Gasteiger partial charge in [-0.1, -0.05) is 23.7 Å². The zero-order chi connectivity index (χ0) is 21.7. The van der Waals surface area contributed by atoms with Gasteiger partial charge in [0, 0.05) is 24.2 Å². The molecule has 8 heteroatoms. The van der Waals surface area contributed by atoms with E-state index in [1.54, 1.807) is 63.7 Å². The number of hydrogen-bond acceptors (Lipinski definition) is 5. The van der Waals surface area contributed by atoms with Gasteiger partial charge in [-0.05, 0) is 48.4 Å². The number of ether oxygens (including phenoxy) is 2. The molecule has 1 atom stereocenters. The molecule has 1 unspecified atom stereocenters. The summed E-state index contributed by atoms with van der Waals surface area (Å²) in [5.74, 6) is 1.01. The highest BCUT2D eigenvalue weighted by atomic mass is 35.5. The van der Waals surface area contributed by atoms with Crippen LogP contribution < -0.4 is 14.8 Å². The van der Waals surface area contributed by atoms with Gasteiger partial charge in [0.2, 0.25) is 0 Å².